The number of amides is 1. The first-order chi connectivity index (χ1) is 13.3. The van der Waals surface area contributed by atoms with Gasteiger partial charge in [0.15, 0.2) is 0 Å². The summed E-state index contributed by atoms with van der Waals surface area (Å²) in [5.74, 6) is 1.00. The van der Waals surface area contributed by atoms with Crippen LogP contribution in [-0.4, -0.2) is 23.4 Å². The first-order valence-corrected chi connectivity index (χ1v) is 10.4. The molecule has 28 heavy (non-hydrogen) atoms. The predicted octanol–water partition coefficient (Wildman–Crippen LogP) is 5.56. The van der Waals surface area contributed by atoms with E-state index < -0.39 is 0 Å². The Balaban J connectivity index is 1.73. The molecule has 1 saturated heterocycles. The number of rotatable bonds is 6. The molecule has 1 fully saturated rings. The standard InChI is InChI=1S/C20H17Cl2NO3S2/c1-11-3-4-12(2)16(7-11)25-5-6-26-18-13(8-14(21)10-15(18)22)9-17-19(24)23-20(27)28-17/h3-4,7-10H,5-6H2,1-2H3,(H,23,24,27)/b17-9-. The fraction of sp³-hybridized carbons (Fsp3) is 0.200. The molecule has 1 aliphatic heterocycles. The van der Waals surface area contributed by atoms with Gasteiger partial charge in [0.2, 0.25) is 0 Å². The summed E-state index contributed by atoms with van der Waals surface area (Å²) in [6.45, 7) is 4.63. The van der Waals surface area contributed by atoms with Crippen molar-refractivity contribution in [3.8, 4) is 11.5 Å². The molecule has 0 aromatic heterocycles. The smallest absolute Gasteiger partial charge is 0.263 e. The van der Waals surface area contributed by atoms with Gasteiger partial charge in [-0.15, -0.1) is 0 Å². The number of carbonyl (C=O) groups excluding carboxylic acids is 1. The van der Waals surface area contributed by atoms with Gasteiger partial charge in [0, 0.05) is 10.6 Å². The van der Waals surface area contributed by atoms with E-state index >= 15 is 0 Å². The number of ether oxygens (including phenoxy) is 2. The first kappa shape index (κ1) is 21.0. The van der Waals surface area contributed by atoms with Crippen molar-refractivity contribution >= 4 is 63.5 Å². The monoisotopic (exact) mass is 453 g/mol. The molecule has 8 heteroatoms. The Morgan fingerprint density at radius 1 is 1.14 bits per heavy atom. The van der Waals surface area contributed by atoms with Crippen molar-refractivity contribution in [2.45, 2.75) is 13.8 Å². The Bertz CT molecular complexity index is 976. The van der Waals surface area contributed by atoms with Crippen LogP contribution in [0.2, 0.25) is 10.0 Å². The Labute approximate surface area is 183 Å². The SMILES string of the molecule is Cc1ccc(C)c(OCCOc2c(Cl)cc(Cl)cc2/C=C2\SC(=S)NC2=O)c1. The minimum atomic E-state index is -0.254. The van der Waals surface area contributed by atoms with E-state index in [0.29, 0.717) is 37.2 Å². The highest BCUT2D eigenvalue weighted by Crippen LogP contribution is 2.36. The van der Waals surface area contributed by atoms with Gasteiger partial charge in [-0.3, -0.25) is 4.79 Å². The zero-order valence-electron chi connectivity index (χ0n) is 15.2. The van der Waals surface area contributed by atoms with Crippen LogP contribution in [0, 0.1) is 13.8 Å². The lowest BCUT2D eigenvalue weighted by Gasteiger charge is -2.14. The van der Waals surface area contributed by atoms with Crippen LogP contribution < -0.4 is 14.8 Å². The number of hydrogen-bond acceptors (Lipinski definition) is 5. The maximum atomic E-state index is 11.9. The average Bonchev–Trinajstić information content (AvgIpc) is 2.93. The van der Waals surface area contributed by atoms with E-state index in [4.69, 9.17) is 44.9 Å². The molecule has 0 atom stereocenters. The third kappa shape index (κ3) is 5.20. The molecule has 1 amide bonds. The van der Waals surface area contributed by atoms with Crippen LogP contribution in [0.1, 0.15) is 16.7 Å². The van der Waals surface area contributed by atoms with Gasteiger partial charge in [-0.1, -0.05) is 59.3 Å². The molecule has 0 spiro atoms. The molecule has 1 aliphatic rings. The molecule has 4 nitrogen and oxygen atoms in total. The van der Waals surface area contributed by atoms with Crippen LogP contribution >= 0.6 is 47.2 Å². The molecule has 1 N–H and O–H groups in total. The number of thioether (sulfide) groups is 1. The molecular weight excluding hydrogens is 437 g/mol. The van der Waals surface area contributed by atoms with Gasteiger partial charge in [0.1, 0.15) is 29.0 Å². The average molecular weight is 454 g/mol. The van der Waals surface area contributed by atoms with E-state index in [2.05, 4.69) is 5.32 Å². The van der Waals surface area contributed by atoms with Crippen molar-refractivity contribution in [1.82, 2.24) is 5.32 Å². The summed E-state index contributed by atoms with van der Waals surface area (Å²) >= 11 is 18.6. The zero-order chi connectivity index (χ0) is 20.3. The highest BCUT2D eigenvalue weighted by atomic mass is 35.5. The highest BCUT2D eigenvalue weighted by molar-refractivity contribution is 8.26. The van der Waals surface area contributed by atoms with Crippen molar-refractivity contribution in [1.29, 1.82) is 0 Å². The van der Waals surface area contributed by atoms with E-state index in [1.54, 1.807) is 18.2 Å². The van der Waals surface area contributed by atoms with Crippen LogP contribution in [0.4, 0.5) is 0 Å². The number of hydrogen-bond donors (Lipinski definition) is 1. The maximum Gasteiger partial charge on any atom is 0.263 e. The summed E-state index contributed by atoms with van der Waals surface area (Å²) in [4.78, 5) is 12.4. The summed E-state index contributed by atoms with van der Waals surface area (Å²) in [5, 5.41) is 3.38. The second kappa shape index (κ2) is 9.18. The predicted molar refractivity (Wildman–Crippen MR) is 120 cm³/mol. The molecule has 2 aromatic rings. The van der Waals surface area contributed by atoms with Crippen molar-refractivity contribution in [2.75, 3.05) is 13.2 Å². The number of carbonyl (C=O) groups is 1. The second-order valence-electron chi connectivity index (χ2n) is 6.12. The summed E-state index contributed by atoms with van der Waals surface area (Å²) < 4.78 is 12.1. The van der Waals surface area contributed by atoms with E-state index in [-0.39, 0.29) is 12.5 Å². The molecular formula is C20H17Cl2NO3S2. The minimum absolute atomic E-state index is 0.254. The van der Waals surface area contributed by atoms with Crippen molar-refractivity contribution < 1.29 is 14.3 Å². The summed E-state index contributed by atoms with van der Waals surface area (Å²) in [7, 11) is 0. The molecule has 0 saturated carbocycles. The molecule has 1 heterocycles. The Morgan fingerprint density at radius 3 is 2.61 bits per heavy atom. The summed E-state index contributed by atoms with van der Waals surface area (Å²) in [6.07, 6.45) is 1.66. The van der Waals surface area contributed by atoms with Gasteiger partial charge in [-0.2, -0.15) is 0 Å². The third-order valence-electron chi connectivity index (χ3n) is 3.90. The Hall–Kier alpha value is -1.73. The molecule has 0 bridgehead atoms. The number of benzene rings is 2. The van der Waals surface area contributed by atoms with E-state index in [1.165, 1.54) is 11.8 Å². The molecule has 146 valence electrons. The highest BCUT2D eigenvalue weighted by Gasteiger charge is 2.23. The van der Waals surface area contributed by atoms with Crippen molar-refractivity contribution in [3.05, 3.63) is 62.0 Å². The van der Waals surface area contributed by atoms with Crippen LogP contribution in [0.25, 0.3) is 6.08 Å². The Kier molecular flexibility index (Phi) is 6.88. The summed E-state index contributed by atoms with van der Waals surface area (Å²) in [5.41, 5.74) is 2.79. The van der Waals surface area contributed by atoms with Crippen LogP contribution in [-0.2, 0) is 4.79 Å². The summed E-state index contributed by atoms with van der Waals surface area (Å²) in [6, 6.07) is 9.32. The van der Waals surface area contributed by atoms with E-state index in [9.17, 15) is 4.79 Å². The largest absolute Gasteiger partial charge is 0.490 e. The topological polar surface area (TPSA) is 47.6 Å². The van der Waals surface area contributed by atoms with Crippen molar-refractivity contribution in [2.24, 2.45) is 0 Å². The molecule has 3 rings (SSSR count). The van der Waals surface area contributed by atoms with Gasteiger partial charge in [0.25, 0.3) is 5.91 Å². The van der Waals surface area contributed by atoms with Gasteiger partial charge in [-0.05, 0) is 49.2 Å². The lowest BCUT2D eigenvalue weighted by molar-refractivity contribution is -0.115. The Morgan fingerprint density at radius 2 is 1.89 bits per heavy atom. The quantitative estimate of drug-likeness (QED) is 0.352. The van der Waals surface area contributed by atoms with E-state index in [1.807, 2.05) is 32.0 Å². The van der Waals surface area contributed by atoms with Crippen molar-refractivity contribution in [3.63, 3.8) is 0 Å². The lowest BCUT2D eigenvalue weighted by atomic mass is 10.1. The van der Waals surface area contributed by atoms with Gasteiger partial charge in [0.05, 0.1) is 9.93 Å². The lowest BCUT2D eigenvalue weighted by Crippen LogP contribution is -2.17. The number of nitrogens with one attached hydrogen (secondary N) is 1. The fourth-order valence-electron chi connectivity index (χ4n) is 2.56. The molecule has 0 radical (unpaired) electrons. The van der Waals surface area contributed by atoms with Gasteiger partial charge >= 0.3 is 0 Å². The fourth-order valence-corrected chi connectivity index (χ4v) is 4.16. The van der Waals surface area contributed by atoms with Crippen LogP contribution in [0.5, 0.6) is 11.5 Å². The normalized spacial score (nSPS) is 15.1. The number of thiocarbonyl (C=S) groups is 1. The second-order valence-corrected chi connectivity index (χ2v) is 8.69. The first-order valence-electron chi connectivity index (χ1n) is 8.40. The van der Waals surface area contributed by atoms with Crippen LogP contribution in [0.3, 0.4) is 0 Å². The minimum Gasteiger partial charge on any atom is -0.490 e. The molecule has 2 aromatic carbocycles. The van der Waals surface area contributed by atoms with Gasteiger partial charge < -0.3 is 14.8 Å². The maximum absolute atomic E-state index is 11.9. The molecule has 0 aliphatic carbocycles. The van der Waals surface area contributed by atoms with Crippen LogP contribution in [0.15, 0.2) is 35.2 Å². The zero-order valence-corrected chi connectivity index (χ0v) is 18.3. The third-order valence-corrected chi connectivity index (χ3v) is 5.56. The molecule has 0 unspecified atom stereocenters. The van der Waals surface area contributed by atoms with E-state index in [0.717, 1.165) is 16.9 Å². The number of aryl methyl sites for hydroxylation is 2. The van der Waals surface area contributed by atoms with Gasteiger partial charge in [-0.25, -0.2) is 0 Å². The number of halogens is 2.